The van der Waals surface area contributed by atoms with E-state index in [-0.39, 0.29) is 0 Å². The molecule has 2 rings (SSSR count). The van der Waals surface area contributed by atoms with Gasteiger partial charge in [-0.25, -0.2) is 0 Å². The Labute approximate surface area is 88.0 Å². The third-order valence-electron chi connectivity index (χ3n) is 2.25. The molecule has 0 saturated carbocycles. The fourth-order valence-electron chi connectivity index (χ4n) is 1.46. The highest BCUT2D eigenvalue weighted by atomic mass is 16.3. The minimum absolute atomic E-state index is 0.423. The first-order valence-corrected chi connectivity index (χ1v) is 4.84. The van der Waals surface area contributed by atoms with Crippen molar-refractivity contribution in [2.24, 2.45) is 7.05 Å². The normalized spacial score (nSPS) is 13.0. The Bertz CT molecular complexity index is 444. The molecule has 1 atom stereocenters. The van der Waals surface area contributed by atoms with Gasteiger partial charge >= 0.3 is 0 Å². The molecule has 0 aliphatic heterocycles. The Morgan fingerprint density at radius 2 is 2.27 bits per heavy atom. The number of rotatable bonds is 3. The van der Waals surface area contributed by atoms with Crippen LogP contribution in [0.2, 0.25) is 0 Å². The van der Waals surface area contributed by atoms with Crippen molar-refractivity contribution in [3.8, 4) is 0 Å². The number of aliphatic hydroxyl groups excluding tert-OH is 1. The summed E-state index contributed by atoms with van der Waals surface area (Å²) in [6.07, 6.45) is 5.30. The van der Waals surface area contributed by atoms with Gasteiger partial charge in [-0.2, -0.15) is 0 Å². The first-order chi connectivity index (χ1) is 7.15. The summed E-state index contributed by atoms with van der Waals surface area (Å²) >= 11 is 0. The van der Waals surface area contributed by atoms with Crippen molar-refractivity contribution in [2.45, 2.75) is 19.6 Å². The van der Waals surface area contributed by atoms with Crippen molar-refractivity contribution in [3.63, 3.8) is 0 Å². The van der Waals surface area contributed by atoms with Crippen molar-refractivity contribution >= 4 is 0 Å². The topological polar surface area (TPSA) is 55.9 Å². The van der Waals surface area contributed by atoms with Crippen molar-refractivity contribution in [2.75, 3.05) is 0 Å². The first kappa shape index (κ1) is 9.92. The molecule has 0 fully saturated rings. The fourth-order valence-corrected chi connectivity index (χ4v) is 1.46. The second-order valence-electron chi connectivity index (χ2n) is 3.68. The molecular formula is C10H14N4O. The second kappa shape index (κ2) is 3.86. The molecule has 1 N–H and O–H groups in total. The molecule has 2 aromatic heterocycles. The smallest absolute Gasteiger partial charge is 0.102 e. The van der Waals surface area contributed by atoms with Gasteiger partial charge < -0.3 is 9.67 Å². The fraction of sp³-hybridized carbons (Fsp3) is 0.400. The van der Waals surface area contributed by atoms with Crippen LogP contribution >= 0.6 is 0 Å². The van der Waals surface area contributed by atoms with Crippen LogP contribution in [-0.4, -0.2) is 24.7 Å². The summed E-state index contributed by atoms with van der Waals surface area (Å²) in [6, 6.07) is 1.90. The molecule has 0 radical (unpaired) electrons. The van der Waals surface area contributed by atoms with Crippen LogP contribution in [0.15, 0.2) is 24.7 Å². The third-order valence-corrected chi connectivity index (χ3v) is 2.25. The Morgan fingerprint density at radius 3 is 2.80 bits per heavy atom. The van der Waals surface area contributed by atoms with Gasteiger partial charge in [-0.3, -0.25) is 4.68 Å². The standard InChI is InChI=1S/C10H14N4O/c1-8(15)9-3-4-14(5-9)7-10-6-13(2)12-11-10/h3-6,8,15H,7H2,1-2H3. The van der Waals surface area contributed by atoms with Crippen LogP contribution in [0.3, 0.4) is 0 Å². The van der Waals surface area contributed by atoms with E-state index in [2.05, 4.69) is 10.3 Å². The lowest BCUT2D eigenvalue weighted by molar-refractivity contribution is 0.199. The van der Waals surface area contributed by atoms with Crippen LogP contribution in [-0.2, 0) is 13.6 Å². The van der Waals surface area contributed by atoms with Crippen LogP contribution in [0.5, 0.6) is 0 Å². The van der Waals surface area contributed by atoms with Crippen LogP contribution < -0.4 is 0 Å². The number of nitrogens with zero attached hydrogens (tertiary/aromatic N) is 4. The summed E-state index contributed by atoms with van der Waals surface area (Å²) in [4.78, 5) is 0. The van der Waals surface area contributed by atoms with Crippen molar-refractivity contribution in [1.82, 2.24) is 19.6 Å². The molecule has 0 aliphatic rings. The molecule has 0 spiro atoms. The maximum Gasteiger partial charge on any atom is 0.102 e. The third kappa shape index (κ3) is 2.24. The average molecular weight is 206 g/mol. The highest BCUT2D eigenvalue weighted by Crippen LogP contribution is 2.12. The van der Waals surface area contributed by atoms with Crippen molar-refractivity contribution in [3.05, 3.63) is 35.9 Å². The van der Waals surface area contributed by atoms with E-state index in [0.717, 1.165) is 11.3 Å². The Hall–Kier alpha value is -1.62. The van der Waals surface area contributed by atoms with Gasteiger partial charge in [0, 0.05) is 25.6 Å². The van der Waals surface area contributed by atoms with Crippen LogP contribution in [0.4, 0.5) is 0 Å². The summed E-state index contributed by atoms with van der Waals surface area (Å²) in [5, 5.41) is 17.2. The highest BCUT2D eigenvalue weighted by Gasteiger charge is 2.04. The van der Waals surface area contributed by atoms with E-state index in [1.54, 1.807) is 11.6 Å². The molecule has 0 amide bonds. The monoisotopic (exact) mass is 206 g/mol. The van der Waals surface area contributed by atoms with Crippen LogP contribution in [0.25, 0.3) is 0 Å². The van der Waals surface area contributed by atoms with Gasteiger partial charge in [0.15, 0.2) is 0 Å². The number of aliphatic hydroxyl groups is 1. The molecule has 1 unspecified atom stereocenters. The quantitative estimate of drug-likeness (QED) is 0.805. The average Bonchev–Trinajstić information content (AvgIpc) is 2.76. The minimum atomic E-state index is -0.423. The SMILES string of the molecule is CC(O)c1ccn(Cc2cn(C)nn2)c1. The van der Waals surface area contributed by atoms with Gasteiger partial charge in [0.2, 0.25) is 0 Å². The molecule has 5 heteroatoms. The number of hydrogen-bond donors (Lipinski definition) is 1. The maximum absolute atomic E-state index is 9.36. The summed E-state index contributed by atoms with van der Waals surface area (Å²) in [6.45, 7) is 2.43. The molecule has 80 valence electrons. The molecule has 0 aromatic carbocycles. The van der Waals surface area contributed by atoms with Crippen LogP contribution in [0.1, 0.15) is 24.3 Å². The zero-order valence-electron chi connectivity index (χ0n) is 8.83. The first-order valence-electron chi connectivity index (χ1n) is 4.84. The summed E-state index contributed by atoms with van der Waals surface area (Å²) in [5.74, 6) is 0. The summed E-state index contributed by atoms with van der Waals surface area (Å²) < 4.78 is 3.65. The molecule has 0 bridgehead atoms. The zero-order chi connectivity index (χ0) is 10.8. The van der Waals surface area contributed by atoms with E-state index in [1.165, 1.54) is 0 Å². The van der Waals surface area contributed by atoms with Gasteiger partial charge in [0.25, 0.3) is 0 Å². The molecule has 5 nitrogen and oxygen atoms in total. The Morgan fingerprint density at radius 1 is 1.47 bits per heavy atom. The highest BCUT2D eigenvalue weighted by molar-refractivity contribution is 5.13. The lowest BCUT2D eigenvalue weighted by Crippen LogP contribution is -1.97. The van der Waals surface area contributed by atoms with Gasteiger partial charge in [-0.15, -0.1) is 5.10 Å². The zero-order valence-corrected chi connectivity index (χ0v) is 8.83. The molecule has 0 saturated heterocycles. The number of hydrogen-bond acceptors (Lipinski definition) is 3. The van der Waals surface area contributed by atoms with E-state index in [1.807, 2.05) is 36.3 Å². The van der Waals surface area contributed by atoms with E-state index in [4.69, 9.17) is 0 Å². The Kier molecular flexibility index (Phi) is 2.55. The summed E-state index contributed by atoms with van der Waals surface area (Å²) in [7, 11) is 1.84. The predicted octanol–water partition coefficient (Wildman–Crippen LogP) is 0.718. The molecule has 15 heavy (non-hydrogen) atoms. The second-order valence-corrected chi connectivity index (χ2v) is 3.68. The van der Waals surface area contributed by atoms with E-state index in [0.29, 0.717) is 6.54 Å². The van der Waals surface area contributed by atoms with Crippen molar-refractivity contribution in [1.29, 1.82) is 0 Å². The van der Waals surface area contributed by atoms with E-state index >= 15 is 0 Å². The minimum Gasteiger partial charge on any atom is -0.389 e. The van der Waals surface area contributed by atoms with Crippen molar-refractivity contribution < 1.29 is 5.11 Å². The largest absolute Gasteiger partial charge is 0.389 e. The van der Waals surface area contributed by atoms with Gasteiger partial charge in [-0.1, -0.05) is 5.21 Å². The maximum atomic E-state index is 9.36. The van der Waals surface area contributed by atoms with Gasteiger partial charge in [-0.05, 0) is 18.6 Å². The lowest BCUT2D eigenvalue weighted by Gasteiger charge is -2.00. The van der Waals surface area contributed by atoms with E-state index in [9.17, 15) is 5.11 Å². The van der Waals surface area contributed by atoms with Crippen LogP contribution in [0, 0.1) is 0 Å². The predicted molar refractivity (Wildman–Crippen MR) is 55.2 cm³/mol. The molecule has 0 aliphatic carbocycles. The molecule has 2 heterocycles. The number of aromatic nitrogens is 4. The number of aryl methyl sites for hydroxylation is 1. The molecule has 2 aromatic rings. The van der Waals surface area contributed by atoms with E-state index < -0.39 is 6.10 Å². The lowest BCUT2D eigenvalue weighted by atomic mass is 10.2. The molecular weight excluding hydrogens is 192 g/mol. The van der Waals surface area contributed by atoms with Gasteiger partial charge in [0.05, 0.1) is 12.6 Å². The summed E-state index contributed by atoms with van der Waals surface area (Å²) in [5.41, 5.74) is 1.82. The Balaban J connectivity index is 2.11. The van der Waals surface area contributed by atoms with Gasteiger partial charge in [0.1, 0.15) is 5.69 Å².